The molecule has 1 aromatic carbocycles. The molecule has 0 aliphatic heterocycles. The van der Waals surface area contributed by atoms with E-state index < -0.39 is 6.10 Å². The van der Waals surface area contributed by atoms with E-state index in [0.29, 0.717) is 12.3 Å². The van der Waals surface area contributed by atoms with Crippen molar-refractivity contribution < 1.29 is 10.2 Å². The Kier molecular flexibility index (Phi) is 4.77. The monoisotopic (exact) mass is 223 g/mol. The van der Waals surface area contributed by atoms with Crippen LogP contribution in [0.5, 0.6) is 5.75 Å². The summed E-state index contributed by atoms with van der Waals surface area (Å²) in [6.07, 6.45) is 1.15. The Bertz CT molecular complexity index is 308. The first-order valence-corrected chi connectivity index (χ1v) is 5.73. The second-order valence-corrected chi connectivity index (χ2v) is 4.66. The van der Waals surface area contributed by atoms with E-state index in [4.69, 9.17) is 10.8 Å². The predicted molar refractivity (Wildman–Crippen MR) is 65.1 cm³/mol. The molecule has 0 spiro atoms. The molecule has 1 aromatic rings. The number of nitrogens with two attached hydrogens (primary N) is 1. The number of aliphatic hydroxyl groups excluding tert-OH is 1. The Labute approximate surface area is 96.9 Å². The molecule has 0 saturated heterocycles. The highest BCUT2D eigenvalue weighted by atomic mass is 16.3. The van der Waals surface area contributed by atoms with E-state index in [9.17, 15) is 5.11 Å². The number of aliphatic hydroxyl groups is 1. The van der Waals surface area contributed by atoms with Gasteiger partial charge in [0.25, 0.3) is 0 Å². The third kappa shape index (κ3) is 3.83. The van der Waals surface area contributed by atoms with Crippen LogP contribution in [0.2, 0.25) is 0 Å². The lowest BCUT2D eigenvalue weighted by Crippen LogP contribution is -2.26. The zero-order chi connectivity index (χ0) is 12.1. The number of rotatable bonds is 5. The van der Waals surface area contributed by atoms with E-state index in [-0.39, 0.29) is 11.8 Å². The van der Waals surface area contributed by atoms with E-state index in [0.717, 1.165) is 12.0 Å². The molecule has 0 amide bonds. The van der Waals surface area contributed by atoms with Gasteiger partial charge in [0.15, 0.2) is 0 Å². The predicted octanol–water partition coefficient (Wildman–Crippen LogP) is 2.19. The maximum Gasteiger partial charge on any atom is 0.115 e. The first-order valence-electron chi connectivity index (χ1n) is 5.73. The SMILES string of the molecule is CC(C)CC[C@H](O)[C@H](N)c1ccc(O)cc1. The maximum absolute atomic E-state index is 9.90. The molecule has 2 atom stereocenters. The molecule has 0 unspecified atom stereocenters. The van der Waals surface area contributed by atoms with Crippen LogP contribution in [0.15, 0.2) is 24.3 Å². The highest BCUT2D eigenvalue weighted by Crippen LogP contribution is 2.21. The van der Waals surface area contributed by atoms with Gasteiger partial charge < -0.3 is 15.9 Å². The number of phenols is 1. The lowest BCUT2D eigenvalue weighted by molar-refractivity contribution is 0.128. The van der Waals surface area contributed by atoms with Crippen molar-refractivity contribution in [2.24, 2.45) is 11.7 Å². The Morgan fingerprint density at radius 1 is 1.12 bits per heavy atom. The van der Waals surface area contributed by atoms with Crippen molar-refractivity contribution in [3.05, 3.63) is 29.8 Å². The fourth-order valence-corrected chi connectivity index (χ4v) is 1.60. The van der Waals surface area contributed by atoms with Gasteiger partial charge >= 0.3 is 0 Å². The summed E-state index contributed by atoms with van der Waals surface area (Å²) in [6, 6.07) is 6.30. The van der Waals surface area contributed by atoms with Gasteiger partial charge in [-0.3, -0.25) is 0 Å². The molecule has 3 nitrogen and oxygen atoms in total. The van der Waals surface area contributed by atoms with Crippen LogP contribution >= 0.6 is 0 Å². The fourth-order valence-electron chi connectivity index (χ4n) is 1.60. The second-order valence-electron chi connectivity index (χ2n) is 4.66. The van der Waals surface area contributed by atoms with Crippen molar-refractivity contribution in [1.29, 1.82) is 0 Å². The summed E-state index contributed by atoms with van der Waals surface area (Å²) in [7, 11) is 0. The lowest BCUT2D eigenvalue weighted by atomic mass is 9.96. The van der Waals surface area contributed by atoms with Crippen LogP contribution in [0.25, 0.3) is 0 Å². The van der Waals surface area contributed by atoms with Crippen LogP contribution in [0, 0.1) is 5.92 Å². The topological polar surface area (TPSA) is 66.5 Å². The normalized spacial score (nSPS) is 15.1. The van der Waals surface area contributed by atoms with E-state index in [1.165, 1.54) is 0 Å². The lowest BCUT2D eigenvalue weighted by Gasteiger charge is -2.20. The number of benzene rings is 1. The van der Waals surface area contributed by atoms with Crippen molar-refractivity contribution in [1.82, 2.24) is 0 Å². The summed E-state index contributed by atoms with van der Waals surface area (Å²) in [4.78, 5) is 0. The quantitative estimate of drug-likeness (QED) is 0.717. The summed E-state index contributed by atoms with van der Waals surface area (Å²) < 4.78 is 0. The smallest absolute Gasteiger partial charge is 0.115 e. The minimum absolute atomic E-state index is 0.215. The molecule has 90 valence electrons. The van der Waals surface area contributed by atoms with Crippen molar-refractivity contribution in [2.75, 3.05) is 0 Å². The molecular weight excluding hydrogens is 202 g/mol. The van der Waals surface area contributed by atoms with Gasteiger partial charge in [0.1, 0.15) is 5.75 Å². The zero-order valence-electron chi connectivity index (χ0n) is 9.93. The molecule has 4 N–H and O–H groups in total. The number of aromatic hydroxyl groups is 1. The largest absolute Gasteiger partial charge is 0.508 e. The summed E-state index contributed by atoms with van der Waals surface area (Å²) in [5.41, 5.74) is 6.80. The Morgan fingerprint density at radius 2 is 1.69 bits per heavy atom. The van der Waals surface area contributed by atoms with Gasteiger partial charge in [-0.1, -0.05) is 26.0 Å². The van der Waals surface area contributed by atoms with Gasteiger partial charge in [-0.2, -0.15) is 0 Å². The molecule has 3 heteroatoms. The van der Waals surface area contributed by atoms with E-state index >= 15 is 0 Å². The highest BCUT2D eigenvalue weighted by Gasteiger charge is 2.16. The van der Waals surface area contributed by atoms with E-state index in [2.05, 4.69) is 13.8 Å². The van der Waals surface area contributed by atoms with Gasteiger partial charge in [0, 0.05) is 0 Å². The molecule has 0 aliphatic rings. The fraction of sp³-hybridized carbons (Fsp3) is 0.538. The maximum atomic E-state index is 9.90. The van der Waals surface area contributed by atoms with Gasteiger partial charge in [0.05, 0.1) is 12.1 Å². The first kappa shape index (κ1) is 13.0. The van der Waals surface area contributed by atoms with E-state index in [1.807, 2.05) is 0 Å². The van der Waals surface area contributed by atoms with Gasteiger partial charge in [0.2, 0.25) is 0 Å². The third-order valence-electron chi connectivity index (χ3n) is 2.73. The molecule has 0 aliphatic carbocycles. The third-order valence-corrected chi connectivity index (χ3v) is 2.73. The number of phenolic OH excluding ortho intramolecular Hbond substituents is 1. The molecule has 0 radical (unpaired) electrons. The zero-order valence-corrected chi connectivity index (χ0v) is 9.93. The standard InChI is InChI=1S/C13H21NO2/c1-9(2)3-8-12(16)13(14)10-4-6-11(15)7-5-10/h4-7,9,12-13,15-16H,3,8,14H2,1-2H3/t12-,13+/m0/s1. The Morgan fingerprint density at radius 3 is 2.19 bits per heavy atom. The van der Waals surface area contributed by atoms with Gasteiger partial charge in [-0.15, -0.1) is 0 Å². The van der Waals surface area contributed by atoms with Crippen LogP contribution in [0.4, 0.5) is 0 Å². The number of hydrogen-bond acceptors (Lipinski definition) is 3. The van der Waals surface area contributed by atoms with Crippen molar-refractivity contribution in [3.63, 3.8) is 0 Å². The molecule has 0 heterocycles. The summed E-state index contributed by atoms with van der Waals surface area (Å²) >= 11 is 0. The summed E-state index contributed by atoms with van der Waals surface area (Å²) in [5.74, 6) is 0.786. The molecule has 16 heavy (non-hydrogen) atoms. The molecule has 0 bridgehead atoms. The van der Waals surface area contributed by atoms with Gasteiger partial charge in [-0.25, -0.2) is 0 Å². The minimum Gasteiger partial charge on any atom is -0.508 e. The second kappa shape index (κ2) is 5.87. The Balaban J connectivity index is 2.56. The summed E-state index contributed by atoms with van der Waals surface area (Å²) in [6.45, 7) is 4.25. The van der Waals surface area contributed by atoms with E-state index in [1.54, 1.807) is 24.3 Å². The van der Waals surface area contributed by atoms with Crippen molar-refractivity contribution >= 4 is 0 Å². The van der Waals surface area contributed by atoms with Crippen molar-refractivity contribution in [3.8, 4) is 5.75 Å². The Hall–Kier alpha value is -1.06. The minimum atomic E-state index is -0.521. The molecule has 0 aromatic heterocycles. The van der Waals surface area contributed by atoms with Crippen LogP contribution in [-0.2, 0) is 0 Å². The average molecular weight is 223 g/mol. The van der Waals surface area contributed by atoms with Crippen molar-refractivity contribution in [2.45, 2.75) is 38.8 Å². The van der Waals surface area contributed by atoms with Crippen LogP contribution in [0.3, 0.4) is 0 Å². The molecule has 0 saturated carbocycles. The summed E-state index contributed by atoms with van der Waals surface area (Å²) in [5, 5.41) is 19.1. The van der Waals surface area contributed by atoms with Crippen LogP contribution in [-0.4, -0.2) is 16.3 Å². The average Bonchev–Trinajstić information content (AvgIpc) is 2.26. The molecule has 1 rings (SSSR count). The van der Waals surface area contributed by atoms with Crippen LogP contribution < -0.4 is 5.73 Å². The molecular formula is C13H21NO2. The number of hydrogen-bond donors (Lipinski definition) is 3. The van der Waals surface area contributed by atoms with Crippen LogP contribution in [0.1, 0.15) is 38.3 Å². The molecule has 0 fully saturated rings. The first-order chi connectivity index (χ1) is 7.50. The van der Waals surface area contributed by atoms with Gasteiger partial charge in [-0.05, 0) is 36.5 Å². The highest BCUT2D eigenvalue weighted by molar-refractivity contribution is 5.28.